The highest BCUT2D eigenvalue weighted by molar-refractivity contribution is 5.74. The SMILES string of the molecule is CC(CC(N)=O)NCC1CCNCC1. The first-order valence-corrected chi connectivity index (χ1v) is 5.41. The fourth-order valence-electron chi connectivity index (χ4n) is 1.83. The topological polar surface area (TPSA) is 67.2 Å². The predicted molar refractivity (Wildman–Crippen MR) is 56.9 cm³/mol. The zero-order valence-corrected chi connectivity index (χ0v) is 8.88. The zero-order chi connectivity index (χ0) is 10.4. The van der Waals surface area contributed by atoms with Crippen molar-refractivity contribution in [1.29, 1.82) is 0 Å². The van der Waals surface area contributed by atoms with Gasteiger partial charge in [-0.1, -0.05) is 0 Å². The standard InChI is InChI=1S/C10H21N3O/c1-8(6-10(11)14)13-7-9-2-4-12-5-3-9/h8-9,12-13H,2-7H2,1H3,(H2,11,14). The maximum absolute atomic E-state index is 10.6. The van der Waals surface area contributed by atoms with Crippen molar-refractivity contribution in [2.24, 2.45) is 11.7 Å². The van der Waals surface area contributed by atoms with Crippen LogP contribution in [0, 0.1) is 5.92 Å². The third kappa shape index (κ3) is 4.58. The summed E-state index contributed by atoms with van der Waals surface area (Å²) in [5.41, 5.74) is 5.11. The molecular weight excluding hydrogens is 178 g/mol. The van der Waals surface area contributed by atoms with Crippen molar-refractivity contribution in [3.63, 3.8) is 0 Å². The van der Waals surface area contributed by atoms with Gasteiger partial charge in [0.25, 0.3) is 0 Å². The second kappa shape index (κ2) is 5.98. The monoisotopic (exact) mass is 199 g/mol. The van der Waals surface area contributed by atoms with E-state index in [4.69, 9.17) is 5.73 Å². The Morgan fingerprint density at radius 1 is 1.57 bits per heavy atom. The molecule has 14 heavy (non-hydrogen) atoms. The summed E-state index contributed by atoms with van der Waals surface area (Å²) in [6.07, 6.45) is 2.90. The zero-order valence-electron chi connectivity index (χ0n) is 8.88. The summed E-state index contributed by atoms with van der Waals surface area (Å²) in [4.78, 5) is 10.6. The van der Waals surface area contributed by atoms with E-state index in [1.54, 1.807) is 0 Å². The van der Waals surface area contributed by atoms with E-state index in [1.807, 2.05) is 6.92 Å². The molecule has 0 aromatic carbocycles. The van der Waals surface area contributed by atoms with Crippen LogP contribution >= 0.6 is 0 Å². The normalized spacial score (nSPS) is 20.6. The van der Waals surface area contributed by atoms with Crippen LogP contribution in [0.1, 0.15) is 26.2 Å². The summed E-state index contributed by atoms with van der Waals surface area (Å²) in [6.45, 7) is 5.26. The molecule has 1 fully saturated rings. The molecule has 0 aromatic heterocycles. The molecule has 1 aliphatic rings. The minimum Gasteiger partial charge on any atom is -0.370 e. The first-order chi connectivity index (χ1) is 6.68. The molecule has 0 radical (unpaired) electrons. The molecule has 1 atom stereocenters. The number of rotatable bonds is 5. The highest BCUT2D eigenvalue weighted by atomic mass is 16.1. The van der Waals surface area contributed by atoms with Gasteiger partial charge in [-0.05, 0) is 45.3 Å². The number of nitrogens with one attached hydrogen (secondary N) is 2. The maximum atomic E-state index is 10.6. The second-order valence-corrected chi connectivity index (χ2v) is 4.17. The molecular formula is C10H21N3O. The van der Waals surface area contributed by atoms with Crippen molar-refractivity contribution in [3.05, 3.63) is 0 Å². The number of primary amides is 1. The number of nitrogens with two attached hydrogens (primary N) is 1. The Labute approximate surface area is 85.6 Å². The van der Waals surface area contributed by atoms with Gasteiger partial charge in [0.05, 0.1) is 0 Å². The summed E-state index contributed by atoms with van der Waals surface area (Å²) in [6, 6.07) is 0.211. The molecule has 1 rings (SSSR count). The van der Waals surface area contributed by atoms with E-state index in [1.165, 1.54) is 12.8 Å². The third-order valence-corrected chi connectivity index (χ3v) is 2.72. The van der Waals surface area contributed by atoms with Crippen molar-refractivity contribution >= 4 is 5.91 Å². The van der Waals surface area contributed by atoms with Crippen molar-refractivity contribution in [2.45, 2.75) is 32.2 Å². The molecule has 4 heteroatoms. The van der Waals surface area contributed by atoms with Crippen molar-refractivity contribution in [1.82, 2.24) is 10.6 Å². The average molecular weight is 199 g/mol. The molecule has 4 N–H and O–H groups in total. The van der Waals surface area contributed by atoms with E-state index in [0.717, 1.165) is 25.6 Å². The molecule has 0 aliphatic carbocycles. The van der Waals surface area contributed by atoms with Crippen molar-refractivity contribution in [2.75, 3.05) is 19.6 Å². The summed E-state index contributed by atoms with van der Waals surface area (Å²) in [5.74, 6) is 0.530. The van der Waals surface area contributed by atoms with Crippen LogP contribution in [0.15, 0.2) is 0 Å². The van der Waals surface area contributed by atoms with Crippen LogP contribution in [-0.4, -0.2) is 31.6 Å². The number of carbonyl (C=O) groups excluding carboxylic acids is 1. The number of piperidine rings is 1. The molecule has 1 unspecified atom stereocenters. The Bertz CT molecular complexity index is 178. The molecule has 1 saturated heterocycles. The summed E-state index contributed by atoms with van der Waals surface area (Å²) in [7, 11) is 0. The molecule has 1 heterocycles. The minimum absolute atomic E-state index is 0.211. The maximum Gasteiger partial charge on any atom is 0.218 e. The third-order valence-electron chi connectivity index (χ3n) is 2.72. The van der Waals surface area contributed by atoms with Gasteiger partial charge < -0.3 is 16.4 Å². The summed E-state index contributed by atoms with van der Waals surface area (Å²) in [5, 5.41) is 6.69. The predicted octanol–water partition coefficient (Wildman–Crippen LogP) is -0.160. The molecule has 0 aromatic rings. The van der Waals surface area contributed by atoms with Gasteiger partial charge in [0.2, 0.25) is 5.91 Å². The van der Waals surface area contributed by atoms with Crippen molar-refractivity contribution in [3.8, 4) is 0 Å². The largest absolute Gasteiger partial charge is 0.370 e. The number of carbonyl (C=O) groups is 1. The highest BCUT2D eigenvalue weighted by Crippen LogP contribution is 2.10. The van der Waals surface area contributed by atoms with Gasteiger partial charge in [-0.3, -0.25) is 4.79 Å². The Morgan fingerprint density at radius 3 is 2.79 bits per heavy atom. The minimum atomic E-state index is -0.227. The van der Waals surface area contributed by atoms with E-state index in [-0.39, 0.29) is 11.9 Å². The Kier molecular flexibility index (Phi) is 4.90. The fraction of sp³-hybridized carbons (Fsp3) is 0.900. The van der Waals surface area contributed by atoms with Crippen LogP contribution < -0.4 is 16.4 Å². The summed E-state index contributed by atoms with van der Waals surface area (Å²) >= 11 is 0. The van der Waals surface area contributed by atoms with Gasteiger partial charge in [-0.15, -0.1) is 0 Å². The lowest BCUT2D eigenvalue weighted by atomic mass is 9.98. The quantitative estimate of drug-likeness (QED) is 0.576. The van der Waals surface area contributed by atoms with Crippen LogP contribution in [-0.2, 0) is 4.79 Å². The Hall–Kier alpha value is -0.610. The Morgan fingerprint density at radius 2 is 2.21 bits per heavy atom. The van der Waals surface area contributed by atoms with E-state index >= 15 is 0 Å². The fourth-order valence-corrected chi connectivity index (χ4v) is 1.83. The van der Waals surface area contributed by atoms with Gasteiger partial charge in [0.15, 0.2) is 0 Å². The van der Waals surface area contributed by atoms with Crippen LogP contribution in [0.5, 0.6) is 0 Å². The lowest BCUT2D eigenvalue weighted by Gasteiger charge is -2.24. The second-order valence-electron chi connectivity index (χ2n) is 4.17. The smallest absolute Gasteiger partial charge is 0.218 e. The van der Waals surface area contributed by atoms with Gasteiger partial charge in [0.1, 0.15) is 0 Å². The number of hydrogen-bond acceptors (Lipinski definition) is 3. The van der Waals surface area contributed by atoms with Gasteiger partial charge in [-0.2, -0.15) is 0 Å². The van der Waals surface area contributed by atoms with E-state index in [2.05, 4.69) is 10.6 Å². The number of amides is 1. The van der Waals surface area contributed by atoms with Crippen molar-refractivity contribution < 1.29 is 4.79 Å². The van der Waals surface area contributed by atoms with Gasteiger partial charge in [-0.25, -0.2) is 0 Å². The van der Waals surface area contributed by atoms with Crippen LogP contribution in [0.25, 0.3) is 0 Å². The average Bonchev–Trinajstić information content (AvgIpc) is 2.15. The Balaban J connectivity index is 2.09. The molecule has 1 aliphatic heterocycles. The molecule has 82 valence electrons. The van der Waals surface area contributed by atoms with Crippen LogP contribution in [0.4, 0.5) is 0 Å². The number of hydrogen-bond donors (Lipinski definition) is 3. The molecule has 0 saturated carbocycles. The summed E-state index contributed by atoms with van der Waals surface area (Å²) < 4.78 is 0. The molecule has 0 bridgehead atoms. The lowest BCUT2D eigenvalue weighted by molar-refractivity contribution is -0.118. The molecule has 4 nitrogen and oxygen atoms in total. The van der Waals surface area contributed by atoms with Gasteiger partial charge in [0, 0.05) is 12.5 Å². The van der Waals surface area contributed by atoms with Crippen LogP contribution in [0.3, 0.4) is 0 Å². The van der Waals surface area contributed by atoms with E-state index in [0.29, 0.717) is 6.42 Å². The van der Waals surface area contributed by atoms with Gasteiger partial charge >= 0.3 is 0 Å². The highest BCUT2D eigenvalue weighted by Gasteiger charge is 2.14. The molecule has 0 spiro atoms. The van der Waals surface area contributed by atoms with E-state index < -0.39 is 0 Å². The molecule has 1 amide bonds. The lowest BCUT2D eigenvalue weighted by Crippen LogP contribution is -2.38. The first kappa shape index (κ1) is 11.5. The van der Waals surface area contributed by atoms with E-state index in [9.17, 15) is 4.79 Å². The first-order valence-electron chi connectivity index (χ1n) is 5.41. The van der Waals surface area contributed by atoms with Crippen LogP contribution in [0.2, 0.25) is 0 Å².